The average molecular weight is 345 g/mol. The lowest BCUT2D eigenvalue weighted by Gasteiger charge is -2.27. The number of benzene rings is 1. The van der Waals surface area contributed by atoms with E-state index in [1.165, 1.54) is 0 Å². The molecule has 0 amide bonds. The number of thioether (sulfide) groups is 1. The molecule has 0 unspecified atom stereocenters. The van der Waals surface area contributed by atoms with Crippen molar-refractivity contribution in [2.45, 2.75) is 6.04 Å². The van der Waals surface area contributed by atoms with Gasteiger partial charge in [-0.1, -0.05) is 11.6 Å². The van der Waals surface area contributed by atoms with E-state index < -0.39 is 0 Å². The number of rotatable bonds is 3. The molecule has 3 heterocycles. The van der Waals surface area contributed by atoms with Gasteiger partial charge >= 0.3 is 0 Å². The zero-order valence-corrected chi connectivity index (χ0v) is 13.6. The highest BCUT2D eigenvalue weighted by atomic mass is 35.5. The van der Waals surface area contributed by atoms with Crippen molar-refractivity contribution in [3.05, 3.63) is 47.7 Å². The van der Waals surface area contributed by atoms with Crippen molar-refractivity contribution in [2.75, 3.05) is 11.5 Å². The minimum Gasteiger partial charge on any atom is -0.493 e. The Morgan fingerprint density at radius 1 is 1.26 bits per heavy atom. The van der Waals surface area contributed by atoms with Gasteiger partial charge in [0.1, 0.15) is 5.69 Å². The van der Waals surface area contributed by atoms with Crippen LogP contribution in [0.4, 0.5) is 11.4 Å². The number of aromatic nitrogens is 2. The summed E-state index contributed by atoms with van der Waals surface area (Å²) in [5, 5.41) is 20.5. The maximum atomic E-state index is 10.7. The van der Waals surface area contributed by atoms with Crippen molar-refractivity contribution in [1.29, 1.82) is 0 Å². The van der Waals surface area contributed by atoms with Crippen LogP contribution in [0.2, 0.25) is 5.02 Å². The van der Waals surface area contributed by atoms with Gasteiger partial charge in [0.25, 0.3) is 0 Å². The highest BCUT2D eigenvalue weighted by Gasteiger charge is 2.27. The maximum Gasteiger partial charge on any atom is 0.221 e. The molecule has 1 aliphatic rings. The van der Waals surface area contributed by atoms with Gasteiger partial charge in [-0.05, 0) is 30.3 Å². The third-order valence-corrected chi connectivity index (χ3v) is 5.29. The average Bonchev–Trinajstić information content (AvgIpc) is 2.77. The van der Waals surface area contributed by atoms with Gasteiger partial charge in [-0.3, -0.25) is 4.98 Å². The van der Waals surface area contributed by atoms with Crippen LogP contribution in [0.1, 0.15) is 6.04 Å². The monoisotopic (exact) mass is 344 g/mol. The van der Waals surface area contributed by atoms with E-state index in [2.05, 4.69) is 15.2 Å². The van der Waals surface area contributed by atoms with Crippen LogP contribution in [0.15, 0.2) is 53.0 Å². The lowest BCUT2D eigenvalue weighted by atomic mass is 10.2. The van der Waals surface area contributed by atoms with Crippen molar-refractivity contribution in [3.8, 4) is 5.88 Å². The van der Waals surface area contributed by atoms with Crippen LogP contribution in [-0.4, -0.2) is 26.2 Å². The summed E-state index contributed by atoms with van der Waals surface area (Å²) in [4.78, 5) is 4.01. The van der Waals surface area contributed by atoms with E-state index in [0.29, 0.717) is 16.4 Å². The number of pyridine rings is 1. The van der Waals surface area contributed by atoms with Crippen LogP contribution in [0, 0.1) is 0 Å². The third kappa shape index (κ3) is 2.58. The van der Waals surface area contributed by atoms with Gasteiger partial charge in [0.05, 0.1) is 17.8 Å². The van der Waals surface area contributed by atoms with Crippen LogP contribution >= 0.6 is 23.4 Å². The van der Waals surface area contributed by atoms with Crippen LogP contribution in [0.5, 0.6) is 5.88 Å². The predicted octanol–water partition coefficient (Wildman–Crippen LogP) is 5.10. The lowest BCUT2D eigenvalue weighted by Crippen LogP contribution is -2.22. The quantitative estimate of drug-likeness (QED) is 0.672. The maximum absolute atomic E-state index is 10.7. The van der Waals surface area contributed by atoms with E-state index in [4.69, 9.17) is 11.6 Å². The second-order valence-electron chi connectivity index (χ2n) is 5.31. The summed E-state index contributed by atoms with van der Waals surface area (Å²) in [7, 11) is 0. The molecule has 0 bridgehead atoms. The highest BCUT2D eigenvalue weighted by molar-refractivity contribution is 8.00. The second-order valence-corrected chi connectivity index (χ2v) is 6.82. The van der Waals surface area contributed by atoms with E-state index in [0.717, 1.165) is 22.4 Å². The molecule has 4 rings (SSSR count). The van der Waals surface area contributed by atoms with E-state index in [1.54, 1.807) is 18.5 Å². The van der Waals surface area contributed by atoms with Gasteiger partial charge < -0.3 is 9.67 Å². The number of fused-ring (bicyclic) bond motifs is 1. The zero-order chi connectivity index (χ0) is 15.8. The molecule has 0 spiro atoms. The molecule has 1 fully saturated rings. The Morgan fingerprint density at radius 2 is 2.13 bits per heavy atom. The van der Waals surface area contributed by atoms with Crippen LogP contribution < -0.4 is 0 Å². The number of hydrogen-bond donors (Lipinski definition) is 1. The first-order chi connectivity index (χ1) is 11.2. The first-order valence-electron chi connectivity index (χ1n) is 7.16. The number of aromatic hydroxyl groups is 1. The second kappa shape index (κ2) is 5.86. The molecule has 0 saturated carbocycles. The van der Waals surface area contributed by atoms with Gasteiger partial charge in [-0.15, -0.1) is 10.2 Å². The number of azo groups is 1. The molecule has 3 aromatic rings. The van der Waals surface area contributed by atoms with Crippen LogP contribution in [0.25, 0.3) is 10.9 Å². The number of halogens is 1. The summed E-state index contributed by atoms with van der Waals surface area (Å²) >= 11 is 7.98. The molecule has 0 radical (unpaired) electrons. The highest BCUT2D eigenvalue weighted by Crippen LogP contribution is 2.45. The number of nitrogens with zero attached hydrogens (tertiary/aromatic N) is 4. The SMILES string of the molecule is Oc1c(N=Nc2cccnc2)c2cc(Cl)ccc2n1C1CSC1. The lowest BCUT2D eigenvalue weighted by molar-refractivity contribution is 0.406. The zero-order valence-electron chi connectivity index (χ0n) is 12.1. The summed E-state index contributed by atoms with van der Waals surface area (Å²) in [6.45, 7) is 0. The van der Waals surface area contributed by atoms with Crippen molar-refractivity contribution in [1.82, 2.24) is 9.55 Å². The van der Waals surface area contributed by atoms with Crippen LogP contribution in [0.3, 0.4) is 0 Å². The molecule has 1 N–H and O–H groups in total. The summed E-state index contributed by atoms with van der Waals surface area (Å²) < 4.78 is 1.93. The molecular weight excluding hydrogens is 332 g/mol. The molecule has 2 aromatic heterocycles. The number of hydrogen-bond acceptors (Lipinski definition) is 5. The van der Waals surface area contributed by atoms with Crippen molar-refractivity contribution in [2.24, 2.45) is 10.2 Å². The molecule has 7 heteroatoms. The molecule has 23 heavy (non-hydrogen) atoms. The topological polar surface area (TPSA) is 62.8 Å². The Balaban J connectivity index is 1.86. The predicted molar refractivity (Wildman–Crippen MR) is 93.4 cm³/mol. The summed E-state index contributed by atoms with van der Waals surface area (Å²) in [6.07, 6.45) is 3.30. The Bertz CT molecular complexity index is 890. The van der Waals surface area contributed by atoms with Gasteiger partial charge in [0.15, 0.2) is 5.69 Å². The largest absolute Gasteiger partial charge is 0.493 e. The van der Waals surface area contributed by atoms with Crippen molar-refractivity contribution >= 4 is 45.6 Å². The summed E-state index contributed by atoms with van der Waals surface area (Å²) in [6, 6.07) is 9.45. The van der Waals surface area contributed by atoms with Gasteiger partial charge in [-0.25, -0.2) is 0 Å². The van der Waals surface area contributed by atoms with E-state index in [1.807, 2.05) is 40.6 Å². The fourth-order valence-corrected chi connectivity index (χ4v) is 3.53. The third-order valence-electron chi connectivity index (χ3n) is 3.81. The fraction of sp³-hybridized carbons (Fsp3) is 0.188. The molecule has 1 aliphatic heterocycles. The molecule has 0 aliphatic carbocycles. The normalized spacial score (nSPS) is 15.3. The van der Waals surface area contributed by atoms with E-state index in [-0.39, 0.29) is 11.9 Å². The first-order valence-corrected chi connectivity index (χ1v) is 8.69. The minimum atomic E-state index is 0.139. The summed E-state index contributed by atoms with van der Waals surface area (Å²) in [5.41, 5.74) is 2.01. The Kier molecular flexibility index (Phi) is 3.71. The molecular formula is C16H13ClN4OS. The molecule has 1 saturated heterocycles. The van der Waals surface area contributed by atoms with Gasteiger partial charge in [0.2, 0.25) is 5.88 Å². The molecule has 116 valence electrons. The van der Waals surface area contributed by atoms with E-state index in [9.17, 15) is 5.11 Å². The minimum absolute atomic E-state index is 0.139. The smallest absolute Gasteiger partial charge is 0.221 e. The Hall–Kier alpha value is -2.05. The Labute approximate surface area is 142 Å². The van der Waals surface area contributed by atoms with Gasteiger partial charge in [0, 0.05) is 28.1 Å². The first kappa shape index (κ1) is 14.5. The summed E-state index contributed by atoms with van der Waals surface area (Å²) in [5.74, 6) is 2.11. The van der Waals surface area contributed by atoms with Crippen molar-refractivity contribution < 1.29 is 5.11 Å². The Morgan fingerprint density at radius 3 is 2.83 bits per heavy atom. The van der Waals surface area contributed by atoms with E-state index >= 15 is 0 Å². The van der Waals surface area contributed by atoms with Crippen LogP contribution in [-0.2, 0) is 0 Å². The standard InChI is InChI=1S/C16H13ClN4OS/c17-10-3-4-14-13(6-10)15(16(22)21(14)12-8-23-9-12)20-19-11-2-1-5-18-7-11/h1-7,12,22H,8-9H2. The van der Waals surface area contributed by atoms with Gasteiger partial charge in [-0.2, -0.15) is 11.8 Å². The molecule has 5 nitrogen and oxygen atoms in total. The fourth-order valence-electron chi connectivity index (χ4n) is 2.62. The molecule has 1 aromatic carbocycles. The molecule has 0 atom stereocenters. The van der Waals surface area contributed by atoms with Crippen molar-refractivity contribution in [3.63, 3.8) is 0 Å².